The highest BCUT2D eigenvalue weighted by Crippen LogP contribution is 2.25. The third kappa shape index (κ3) is 2.83. The molecule has 108 valence electrons. The first-order valence-electron chi connectivity index (χ1n) is 7.14. The summed E-state index contributed by atoms with van der Waals surface area (Å²) in [6.07, 6.45) is 3.20. The van der Waals surface area contributed by atoms with Gasteiger partial charge >= 0.3 is 0 Å². The number of hydrogen-bond donors (Lipinski definition) is 1. The van der Waals surface area contributed by atoms with Crippen molar-refractivity contribution in [1.82, 2.24) is 10.2 Å². The van der Waals surface area contributed by atoms with E-state index < -0.39 is 0 Å². The molecule has 2 fully saturated rings. The molecule has 2 saturated heterocycles. The van der Waals surface area contributed by atoms with Crippen molar-refractivity contribution in [3.63, 3.8) is 0 Å². The molecule has 0 bridgehead atoms. The largest absolute Gasteiger partial charge is 0.376 e. The fourth-order valence-electron chi connectivity index (χ4n) is 2.86. The molecule has 2 aliphatic heterocycles. The van der Waals surface area contributed by atoms with E-state index in [4.69, 9.17) is 4.74 Å². The molecule has 0 aliphatic carbocycles. The van der Waals surface area contributed by atoms with Gasteiger partial charge in [-0.3, -0.25) is 10.1 Å². The molecule has 1 N–H and O–H groups in total. The maximum absolute atomic E-state index is 13.0. The van der Waals surface area contributed by atoms with Crippen LogP contribution in [0.4, 0.5) is 4.39 Å². The van der Waals surface area contributed by atoms with Gasteiger partial charge in [-0.05, 0) is 37.0 Å². The summed E-state index contributed by atoms with van der Waals surface area (Å²) in [6.45, 7) is 1.71. The average molecular weight is 278 g/mol. The summed E-state index contributed by atoms with van der Waals surface area (Å²) in [5.41, 5.74) is 0.910. The highest BCUT2D eigenvalue weighted by molar-refractivity contribution is 5.81. The molecule has 1 aromatic carbocycles. The van der Waals surface area contributed by atoms with E-state index in [2.05, 4.69) is 5.32 Å². The molecule has 0 saturated carbocycles. The van der Waals surface area contributed by atoms with Crippen molar-refractivity contribution in [2.24, 2.45) is 0 Å². The van der Waals surface area contributed by atoms with Crippen molar-refractivity contribution in [2.75, 3.05) is 19.7 Å². The summed E-state index contributed by atoms with van der Waals surface area (Å²) in [7, 11) is 0. The minimum Gasteiger partial charge on any atom is -0.376 e. The Morgan fingerprint density at radius 2 is 2.10 bits per heavy atom. The summed E-state index contributed by atoms with van der Waals surface area (Å²) < 4.78 is 18.7. The number of rotatable bonds is 3. The monoisotopic (exact) mass is 278 g/mol. The number of nitrogens with one attached hydrogen (secondary N) is 1. The second kappa shape index (κ2) is 5.89. The molecule has 0 spiro atoms. The Labute approximate surface area is 117 Å². The van der Waals surface area contributed by atoms with Crippen LogP contribution in [0, 0.1) is 5.82 Å². The number of ether oxygens (including phenoxy) is 1. The third-order valence-corrected chi connectivity index (χ3v) is 3.94. The van der Waals surface area contributed by atoms with Gasteiger partial charge in [0.1, 0.15) is 12.0 Å². The van der Waals surface area contributed by atoms with E-state index in [9.17, 15) is 9.18 Å². The van der Waals surface area contributed by atoms with Crippen molar-refractivity contribution in [2.45, 2.75) is 31.5 Å². The SMILES string of the molecule is O=C1CNC(c2ccc(F)cc2)N1CC1CCCCO1. The molecule has 4 nitrogen and oxygen atoms in total. The lowest BCUT2D eigenvalue weighted by Crippen LogP contribution is -2.39. The lowest BCUT2D eigenvalue weighted by atomic mass is 10.1. The van der Waals surface area contributed by atoms with E-state index in [1.807, 2.05) is 4.90 Å². The van der Waals surface area contributed by atoms with Crippen LogP contribution >= 0.6 is 0 Å². The molecule has 2 unspecified atom stereocenters. The molecule has 0 radical (unpaired) electrons. The maximum atomic E-state index is 13.0. The molecule has 5 heteroatoms. The van der Waals surface area contributed by atoms with Crippen LogP contribution in [0.15, 0.2) is 24.3 Å². The van der Waals surface area contributed by atoms with Crippen molar-refractivity contribution in [3.8, 4) is 0 Å². The number of carbonyl (C=O) groups is 1. The van der Waals surface area contributed by atoms with Gasteiger partial charge in [-0.2, -0.15) is 0 Å². The first-order chi connectivity index (χ1) is 9.74. The van der Waals surface area contributed by atoms with Crippen LogP contribution in [0.25, 0.3) is 0 Å². The Balaban J connectivity index is 1.72. The first kappa shape index (κ1) is 13.5. The van der Waals surface area contributed by atoms with E-state index in [1.165, 1.54) is 12.1 Å². The minimum atomic E-state index is -0.264. The summed E-state index contributed by atoms with van der Waals surface area (Å²) in [4.78, 5) is 13.8. The van der Waals surface area contributed by atoms with Crippen molar-refractivity contribution >= 4 is 5.91 Å². The molecule has 2 heterocycles. The van der Waals surface area contributed by atoms with Gasteiger partial charge in [0.05, 0.1) is 12.6 Å². The van der Waals surface area contributed by atoms with Crippen LogP contribution in [-0.4, -0.2) is 36.6 Å². The average Bonchev–Trinajstić information content (AvgIpc) is 2.83. The van der Waals surface area contributed by atoms with Gasteiger partial charge in [-0.25, -0.2) is 4.39 Å². The Morgan fingerprint density at radius 3 is 2.80 bits per heavy atom. The second-order valence-corrected chi connectivity index (χ2v) is 5.37. The molecule has 1 aromatic rings. The van der Waals surface area contributed by atoms with E-state index in [0.717, 1.165) is 31.4 Å². The normalized spacial score (nSPS) is 27.1. The topological polar surface area (TPSA) is 41.6 Å². The Hall–Kier alpha value is -1.46. The van der Waals surface area contributed by atoms with E-state index >= 15 is 0 Å². The fourth-order valence-corrected chi connectivity index (χ4v) is 2.86. The number of carbonyl (C=O) groups excluding carboxylic acids is 1. The Bertz CT molecular complexity index is 471. The van der Waals surface area contributed by atoms with Crippen LogP contribution < -0.4 is 5.32 Å². The van der Waals surface area contributed by atoms with Gasteiger partial charge in [0.25, 0.3) is 0 Å². The molecule has 2 atom stereocenters. The lowest BCUT2D eigenvalue weighted by Gasteiger charge is -2.31. The number of benzene rings is 1. The van der Waals surface area contributed by atoms with Gasteiger partial charge in [0.15, 0.2) is 0 Å². The molecule has 2 aliphatic rings. The van der Waals surface area contributed by atoms with Gasteiger partial charge < -0.3 is 9.64 Å². The first-order valence-corrected chi connectivity index (χ1v) is 7.14. The molecule has 0 aromatic heterocycles. The molecule has 20 heavy (non-hydrogen) atoms. The van der Waals surface area contributed by atoms with Crippen molar-refractivity contribution < 1.29 is 13.9 Å². The van der Waals surface area contributed by atoms with Gasteiger partial charge in [-0.1, -0.05) is 12.1 Å². The van der Waals surface area contributed by atoms with Crippen LogP contribution in [0.3, 0.4) is 0 Å². The minimum absolute atomic E-state index is 0.0773. The Morgan fingerprint density at radius 1 is 1.30 bits per heavy atom. The summed E-state index contributed by atoms with van der Waals surface area (Å²) in [5.74, 6) is -0.186. The van der Waals surface area contributed by atoms with E-state index in [-0.39, 0.29) is 24.0 Å². The third-order valence-electron chi connectivity index (χ3n) is 3.94. The predicted molar refractivity (Wildman–Crippen MR) is 72.4 cm³/mol. The summed E-state index contributed by atoms with van der Waals surface area (Å²) in [6, 6.07) is 6.30. The molecule has 3 rings (SSSR count). The highest BCUT2D eigenvalue weighted by Gasteiger charge is 2.33. The summed E-state index contributed by atoms with van der Waals surface area (Å²) >= 11 is 0. The number of amides is 1. The summed E-state index contributed by atoms with van der Waals surface area (Å²) in [5, 5.41) is 3.18. The van der Waals surface area contributed by atoms with Crippen LogP contribution in [-0.2, 0) is 9.53 Å². The zero-order valence-corrected chi connectivity index (χ0v) is 11.3. The highest BCUT2D eigenvalue weighted by atomic mass is 19.1. The van der Waals surface area contributed by atoms with Gasteiger partial charge in [0, 0.05) is 13.2 Å². The lowest BCUT2D eigenvalue weighted by molar-refractivity contribution is -0.130. The molecular formula is C15H19FN2O2. The predicted octanol–water partition coefficient (Wildman–Crippen LogP) is 1.83. The van der Waals surface area contributed by atoms with Crippen LogP contribution in [0.2, 0.25) is 0 Å². The second-order valence-electron chi connectivity index (χ2n) is 5.37. The van der Waals surface area contributed by atoms with Gasteiger partial charge in [0.2, 0.25) is 5.91 Å². The smallest absolute Gasteiger partial charge is 0.238 e. The Kier molecular flexibility index (Phi) is 3.98. The standard InChI is InChI=1S/C15H19FN2O2/c16-12-6-4-11(5-7-12)15-17-9-14(19)18(15)10-13-3-1-2-8-20-13/h4-7,13,15,17H,1-3,8-10H2. The molecular weight excluding hydrogens is 259 g/mol. The molecule has 1 amide bonds. The van der Waals surface area contributed by atoms with Gasteiger partial charge in [-0.15, -0.1) is 0 Å². The van der Waals surface area contributed by atoms with Crippen molar-refractivity contribution in [3.05, 3.63) is 35.6 Å². The number of halogens is 1. The quantitative estimate of drug-likeness (QED) is 0.917. The number of nitrogens with zero attached hydrogens (tertiary/aromatic N) is 1. The van der Waals surface area contributed by atoms with Crippen molar-refractivity contribution in [1.29, 1.82) is 0 Å². The zero-order valence-electron chi connectivity index (χ0n) is 11.3. The fraction of sp³-hybridized carbons (Fsp3) is 0.533. The van der Waals surface area contributed by atoms with E-state index in [1.54, 1.807) is 12.1 Å². The maximum Gasteiger partial charge on any atom is 0.238 e. The number of hydrogen-bond acceptors (Lipinski definition) is 3. The van der Waals surface area contributed by atoms with Crippen LogP contribution in [0.5, 0.6) is 0 Å². The zero-order chi connectivity index (χ0) is 13.9. The van der Waals surface area contributed by atoms with Crippen LogP contribution in [0.1, 0.15) is 31.0 Å². The van der Waals surface area contributed by atoms with E-state index in [0.29, 0.717) is 13.1 Å².